The summed E-state index contributed by atoms with van der Waals surface area (Å²) in [5, 5.41) is 0. The zero-order valence-corrected chi connectivity index (χ0v) is 12.5. The smallest absolute Gasteiger partial charge is 0.250 e. The van der Waals surface area contributed by atoms with Gasteiger partial charge in [-0.2, -0.15) is 0 Å². The Morgan fingerprint density at radius 3 is 2.69 bits per heavy atom. The molecule has 0 saturated carbocycles. The first-order chi connectivity index (χ1) is 7.36. The third-order valence-electron chi connectivity index (χ3n) is 2.06. The van der Waals surface area contributed by atoms with Crippen LogP contribution < -0.4 is 4.72 Å². The quantitative estimate of drug-likeness (QED) is 0.901. The maximum absolute atomic E-state index is 11.8. The first-order valence-corrected chi connectivity index (χ1v) is 7.74. The molecule has 0 spiro atoms. The van der Waals surface area contributed by atoms with Gasteiger partial charge in [0.05, 0.1) is 9.89 Å². The van der Waals surface area contributed by atoms with E-state index in [1.54, 1.807) is 20.1 Å². The molecule has 1 heterocycles. The third-order valence-corrected chi connectivity index (χ3v) is 6.10. The number of methoxy groups -OCH3 is 1. The average Bonchev–Trinajstić information content (AvgIpc) is 2.56. The highest BCUT2D eigenvalue weighted by atomic mass is 79.9. The van der Waals surface area contributed by atoms with Crippen LogP contribution in [0.15, 0.2) is 14.1 Å². The standard InChI is InChI=1S/C9H14BrNO3S2/c1-6-4-8(15-9(6)10)16(12,13)11-5-7(2)14-3/h4,7,11H,5H2,1-3H3. The summed E-state index contributed by atoms with van der Waals surface area (Å²) in [5.41, 5.74) is 0.921. The Kier molecular flexibility index (Phi) is 4.93. The van der Waals surface area contributed by atoms with E-state index in [0.717, 1.165) is 9.35 Å². The lowest BCUT2D eigenvalue weighted by Gasteiger charge is -2.09. The molecular formula is C9H14BrNO3S2. The van der Waals surface area contributed by atoms with Crippen molar-refractivity contribution in [3.05, 3.63) is 15.4 Å². The maximum Gasteiger partial charge on any atom is 0.250 e. The highest BCUT2D eigenvalue weighted by molar-refractivity contribution is 9.11. The minimum Gasteiger partial charge on any atom is -0.380 e. The van der Waals surface area contributed by atoms with Crippen molar-refractivity contribution in [3.8, 4) is 0 Å². The number of aryl methyl sites for hydroxylation is 1. The van der Waals surface area contributed by atoms with Gasteiger partial charge >= 0.3 is 0 Å². The Morgan fingerprint density at radius 1 is 1.62 bits per heavy atom. The second kappa shape index (κ2) is 5.59. The fourth-order valence-corrected chi connectivity index (χ4v) is 4.33. The SMILES string of the molecule is COC(C)CNS(=O)(=O)c1cc(C)c(Br)s1. The van der Waals surface area contributed by atoms with Crippen LogP contribution in [0.3, 0.4) is 0 Å². The summed E-state index contributed by atoms with van der Waals surface area (Å²) in [4.78, 5) is 0. The fourth-order valence-electron chi connectivity index (χ4n) is 0.946. The van der Waals surface area contributed by atoms with E-state index in [4.69, 9.17) is 4.74 Å². The molecule has 0 aliphatic heterocycles. The molecular weight excluding hydrogens is 314 g/mol. The van der Waals surface area contributed by atoms with Crippen LogP contribution in [-0.2, 0) is 14.8 Å². The number of nitrogens with one attached hydrogen (secondary N) is 1. The lowest BCUT2D eigenvalue weighted by Crippen LogP contribution is -2.31. The molecule has 0 fully saturated rings. The monoisotopic (exact) mass is 327 g/mol. The molecule has 1 atom stereocenters. The van der Waals surface area contributed by atoms with Crippen LogP contribution in [0.2, 0.25) is 0 Å². The van der Waals surface area contributed by atoms with Gasteiger partial charge in [0, 0.05) is 13.7 Å². The van der Waals surface area contributed by atoms with Crippen molar-refractivity contribution in [2.45, 2.75) is 24.2 Å². The molecule has 4 nitrogen and oxygen atoms in total. The molecule has 1 N–H and O–H groups in total. The van der Waals surface area contributed by atoms with Gasteiger partial charge in [-0.05, 0) is 41.4 Å². The van der Waals surface area contributed by atoms with E-state index in [2.05, 4.69) is 20.7 Å². The van der Waals surface area contributed by atoms with Gasteiger partial charge < -0.3 is 4.74 Å². The number of ether oxygens (including phenoxy) is 1. The average molecular weight is 328 g/mol. The molecule has 0 aliphatic rings. The molecule has 16 heavy (non-hydrogen) atoms. The van der Waals surface area contributed by atoms with Crippen LogP contribution in [0, 0.1) is 6.92 Å². The zero-order valence-electron chi connectivity index (χ0n) is 9.28. The molecule has 1 aromatic heterocycles. The van der Waals surface area contributed by atoms with Crippen LogP contribution in [-0.4, -0.2) is 28.2 Å². The second-order valence-electron chi connectivity index (χ2n) is 3.42. The predicted molar refractivity (Wildman–Crippen MR) is 68.4 cm³/mol. The van der Waals surface area contributed by atoms with Crippen LogP contribution in [0.5, 0.6) is 0 Å². The molecule has 1 aromatic rings. The van der Waals surface area contributed by atoms with E-state index in [1.165, 1.54) is 11.3 Å². The van der Waals surface area contributed by atoms with Crippen LogP contribution >= 0.6 is 27.3 Å². The van der Waals surface area contributed by atoms with Gasteiger partial charge in [0.1, 0.15) is 4.21 Å². The fraction of sp³-hybridized carbons (Fsp3) is 0.556. The van der Waals surface area contributed by atoms with E-state index >= 15 is 0 Å². The second-order valence-corrected chi connectivity index (χ2v) is 7.78. The lowest BCUT2D eigenvalue weighted by atomic mass is 10.4. The van der Waals surface area contributed by atoms with Crippen molar-refractivity contribution in [2.75, 3.05) is 13.7 Å². The number of hydrogen-bond acceptors (Lipinski definition) is 4. The summed E-state index contributed by atoms with van der Waals surface area (Å²) >= 11 is 4.51. The van der Waals surface area contributed by atoms with E-state index in [1.807, 2.05) is 6.92 Å². The van der Waals surface area contributed by atoms with Crippen LogP contribution in [0.1, 0.15) is 12.5 Å². The van der Waals surface area contributed by atoms with Gasteiger partial charge in [-0.15, -0.1) is 11.3 Å². The van der Waals surface area contributed by atoms with Crippen LogP contribution in [0.25, 0.3) is 0 Å². The number of sulfonamides is 1. The summed E-state index contributed by atoms with van der Waals surface area (Å²) in [6, 6.07) is 1.65. The van der Waals surface area contributed by atoms with Gasteiger partial charge in [-0.1, -0.05) is 0 Å². The van der Waals surface area contributed by atoms with Crippen molar-refractivity contribution >= 4 is 37.3 Å². The largest absolute Gasteiger partial charge is 0.380 e. The Morgan fingerprint density at radius 2 is 2.25 bits per heavy atom. The molecule has 0 saturated heterocycles. The van der Waals surface area contributed by atoms with Gasteiger partial charge in [-0.25, -0.2) is 13.1 Å². The van der Waals surface area contributed by atoms with E-state index in [0.29, 0.717) is 4.21 Å². The third kappa shape index (κ3) is 3.53. The Hall–Kier alpha value is 0.0500. The lowest BCUT2D eigenvalue weighted by molar-refractivity contribution is 0.122. The summed E-state index contributed by atoms with van der Waals surface area (Å²) in [7, 11) is -1.86. The molecule has 92 valence electrons. The van der Waals surface area contributed by atoms with Gasteiger partial charge in [0.15, 0.2) is 0 Å². The van der Waals surface area contributed by atoms with Crippen molar-refractivity contribution in [1.29, 1.82) is 0 Å². The number of hydrogen-bond donors (Lipinski definition) is 1. The van der Waals surface area contributed by atoms with Gasteiger partial charge in [-0.3, -0.25) is 0 Å². The molecule has 0 bridgehead atoms. The summed E-state index contributed by atoms with van der Waals surface area (Å²) in [6.07, 6.45) is -0.140. The number of thiophene rings is 1. The highest BCUT2D eigenvalue weighted by Gasteiger charge is 2.18. The Bertz CT molecular complexity index is 436. The minimum atomic E-state index is -3.41. The first-order valence-electron chi connectivity index (χ1n) is 4.65. The molecule has 1 unspecified atom stereocenters. The maximum atomic E-state index is 11.8. The number of rotatable bonds is 5. The van der Waals surface area contributed by atoms with Crippen LogP contribution in [0.4, 0.5) is 0 Å². The molecule has 0 aromatic carbocycles. The van der Waals surface area contributed by atoms with E-state index in [-0.39, 0.29) is 12.6 Å². The molecule has 7 heteroatoms. The Balaban J connectivity index is 2.78. The van der Waals surface area contributed by atoms with Crippen molar-refractivity contribution in [2.24, 2.45) is 0 Å². The molecule has 0 aliphatic carbocycles. The summed E-state index contributed by atoms with van der Waals surface area (Å²) in [5.74, 6) is 0. The molecule has 1 rings (SSSR count). The topological polar surface area (TPSA) is 55.4 Å². The van der Waals surface area contributed by atoms with Crippen molar-refractivity contribution in [3.63, 3.8) is 0 Å². The van der Waals surface area contributed by atoms with E-state index < -0.39 is 10.0 Å². The Labute approximate surface area is 108 Å². The zero-order chi connectivity index (χ0) is 12.3. The number of halogens is 1. The molecule has 0 radical (unpaired) electrons. The van der Waals surface area contributed by atoms with Gasteiger partial charge in [0.25, 0.3) is 0 Å². The van der Waals surface area contributed by atoms with Gasteiger partial charge in [0.2, 0.25) is 10.0 Å². The highest BCUT2D eigenvalue weighted by Crippen LogP contribution is 2.30. The van der Waals surface area contributed by atoms with Crippen molar-refractivity contribution in [1.82, 2.24) is 4.72 Å². The first kappa shape index (κ1) is 14.1. The normalized spacial score (nSPS) is 14.0. The molecule has 0 amide bonds. The predicted octanol–water partition coefficient (Wildman–Crippen LogP) is 2.13. The van der Waals surface area contributed by atoms with E-state index in [9.17, 15) is 8.42 Å². The van der Waals surface area contributed by atoms with Crippen molar-refractivity contribution < 1.29 is 13.2 Å². The summed E-state index contributed by atoms with van der Waals surface area (Å²) in [6.45, 7) is 3.93. The minimum absolute atomic E-state index is 0.140. The summed E-state index contributed by atoms with van der Waals surface area (Å²) < 4.78 is 32.3.